The van der Waals surface area contributed by atoms with Crippen LogP contribution in [0.2, 0.25) is 0 Å². The number of ether oxygens (including phenoxy) is 1. The summed E-state index contributed by atoms with van der Waals surface area (Å²) in [6.45, 7) is 4.58. The minimum atomic E-state index is -0.634. The van der Waals surface area contributed by atoms with Crippen LogP contribution >= 0.6 is 11.3 Å². The van der Waals surface area contributed by atoms with Crippen molar-refractivity contribution in [2.75, 3.05) is 38.2 Å². The van der Waals surface area contributed by atoms with Gasteiger partial charge >= 0.3 is 0 Å². The van der Waals surface area contributed by atoms with Crippen LogP contribution in [-0.2, 0) is 11.3 Å². The number of aliphatic hydroxyl groups is 1. The van der Waals surface area contributed by atoms with Crippen LogP contribution in [0.15, 0.2) is 35.7 Å². The lowest BCUT2D eigenvalue weighted by Gasteiger charge is -2.26. The molecule has 1 aliphatic heterocycles. The van der Waals surface area contributed by atoms with Crippen molar-refractivity contribution < 1.29 is 9.84 Å². The Labute approximate surface area is 180 Å². The Morgan fingerprint density at radius 2 is 1.87 bits per heavy atom. The van der Waals surface area contributed by atoms with Gasteiger partial charge in [-0.15, -0.1) is 11.3 Å². The third-order valence-corrected chi connectivity index (χ3v) is 7.02. The largest absolute Gasteiger partial charge is 0.388 e. The summed E-state index contributed by atoms with van der Waals surface area (Å²) >= 11 is 1.66. The van der Waals surface area contributed by atoms with Crippen LogP contribution < -0.4 is 5.32 Å². The zero-order valence-electron chi connectivity index (χ0n) is 17.1. The number of benzene rings is 1. The van der Waals surface area contributed by atoms with Crippen LogP contribution in [0.3, 0.4) is 0 Å². The molecule has 2 aliphatic rings. The Kier molecular flexibility index (Phi) is 5.69. The van der Waals surface area contributed by atoms with Crippen LogP contribution in [0.1, 0.15) is 31.5 Å². The number of aromatic nitrogens is 2. The SMILES string of the molecule is OC1(CNc2nc(CN3CCOCC3)nc3scc(-c4ccccc4)c23)CCCC1. The zero-order valence-corrected chi connectivity index (χ0v) is 18.0. The molecule has 30 heavy (non-hydrogen) atoms. The predicted octanol–water partition coefficient (Wildman–Crippen LogP) is 3.91. The highest BCUT2D eigenvalue weighted by Crippen LogP contribution is 2.38. The van der Waals surface area contributed by atoms with Crippen LogP contribution in [0, 0.1) is 0 Å². The number of nitrogens with zero attached hydrogens (tertiary/aromatic N) is 3. The van der Waals surface area contributed by atoms with E-state index in [1.165, 1.54) is 0 Å². The van der Waals surface area contributed by atoms with E-state index in [9.17, 15) is 5.11 Å². The van der Waals surface area contributed by atoms with E-state index in [1.54, 1.807) is 11.3 Å². The molecule has 0 amide bonds. The fourth-order valence-electron chi connectivity index (χ4n) is 4.43. The van der Waals surface area contributed by atoms with E-state index in [0.29, 0.717) is 6.54 Å². The lowest BCUT2D eigenvalue weighted by Crippen LogP contribution is -2.36. The second-order valence-corrected chi connectivity index (χ2v) is 9.22. The molecule has 7 heteroatoms. The normalized spacial score (nSPS) is 19.4. The van der Waals surface area contributed by atoms with Crippen molar-refractivity contribution in [3.8, 4) is 11.1 Å². The molecule has 0 radical (unpaired) electrons. The van der Waals surface area contributed by atoms with Gasteiger partial charge in [0, 0.05) is 30.6 Å². The summed E-state index contributed by atoms with van der Waals surface area (Å²) < 4.78 is 5.47. The van der Waals surface area contributed by atoms with Gasteiger partial charge in [-0.3, -0.25) is 4.90 Å². The molecular formula is C23H28N4O2S. The Morgan fingerprint density at radius 3 is 2.63 bits per heavy atom. The molecule has 2 fully saturated rings. The van der Waals surface area contributed by atoms with Gasteiger partial charge in [0.25, 0.3) is 0 Å². The van der Waals surface area contributed by atoms with Gasteiger partial charge in [0.1, 0.15) is 16.5 Å². The monoisotopic (exact) mass is 424 g/mol. The topological polar surface area (TPSA) is 70.5 Å². The van der Waals surface area contributed by atoms with Gasteiger partial charge in [-0.05, 0) is 18.4 Å². The Morgan fingerprint density at radius 1 is 1.10 bits per heavy atom. The molecule has 5 rings (SSSR count). The van der Waals surface area contributed by atoms with Crippen molar-refractivity contribution in [2.24, 2.45) is 0 Å². The molecule has 1 aromatic carbocycles. The summed E-state index contributed by atoms with van der Waals surface area (Å²) in [7, 11) is 0. The average Bonchev–Trinajstić information content (AvgIpc) is 3.40. The minimum absolute atomic E-state index is 0.528. The van der Waals surface area contributed by atoms with Gasteiger partial charge in [0.2, 0.25) is 0 Å². The van der Waals surface area contributed by atoms with E-state index in [4.69, 9.17) is 14.7 Å². The van der Waals surface area contributed by atoms with Gasteiger partial charge < -0.3 is 15.2 Å². The molecule has 1 saturated carbocycles. The molecule has 0 unspecified atom stereocenters. The molecule has 3 aromatic rings. The highest BCUT2D eigenvalue weighted by molar-refractivity contribution is 7.17. The first-order valence-electron chi connectivity index (χ1n) is 10.8. The molecule has 3 heterocycles. The lowest BCUT2D eigenvalue weighted by atomic mass is 10.0. The highest BCUT2D eigenvalue weighted by atomic mass is 32.1. The molecule has 1 saturated heterocycles. The van der Waals surface area contributed by atoms with Crippen molar-refractivity contribution in [3.63, 3.8) is 0 Å². The fraction of sp³-hybridized carbons (Fsp3) is 0.478. The third kappa shape index (κ3) is 4.21. The number of hydrogen-bond acceptors (Lipinski definition) is 7. The second-order valence-electron chi connectivity index (χ2n) is 8.36. The average molecular weight is 425 g/mol. The first-order chi connectivity index (χ1) is 14.7. The molecule has 2 N–H and O–H groups in total. The summed E-state index contributed by atoms with van der Waals surface area (Å²) in [5.74, 6) is 1.66. The van der Waals surface area contributed by atoms with E-state index in [1.807, 2.05) is 6.07 Å². The molecule has 0 atom stereocenters. The molecule has 158 valence electrons. The fourth-order valence-corrected chi connectivity index (χ4v) is 5.40. The minimum Gasteiger partial charge on any atom is -0.388 e. The van der Waals surface area contributed by atoms with Gasteiger partial charge in [-0.2, -0.15) is 0 Å². The van der Waals surface area contributed by atoms with Crippen molar-refractivity contribution in [2.45, 2.75) is 37.8 Å². The number of thiophene rings is 1. The van der Waals surface area contributed by atoms with Crippen LogP contribution in [0.5, 0.6) is 0 Å². The van der Waals surface area contributed by atoms with E-state index in [-0.39, 0.29) is 0 Å². The molecule has 0 spiro atoms. The molecule has 0 bridgehead atoms. The first-order valence-corrected chi connectivity index (χ1v) is 11.7. The summed E-state index contributed by atoms with van der Waals surface area (Å²) in [6, 6.07) is 10.4. The maximum atomic E-state index is 10.9. The lowest BCUT2D eigenvalue weighted by molar-refractivity contribution is 0.0331. The third-order valence-electron chi connectivity index (χ3n) is 6.15. The van der Waals surface area contributed by atoms with E-state index in [2.05, 4.69) is 39.9 Å². The first kappa shape index (κ1) is 19.9. The van der Waals surface area contributed by atoms with Crippen LogP contribution in [-0.4, -0.2) is 58.4 Å². The molecule has 2 aromatic heterocycles. The summed E-state index contributed by atoms with van der Waals surface area (Å²) in [6.07, 6.45) is 3.88. The number of anilines is 1. The summed E-state index contributed by atoms with van der Waals surface area (Å²) in [5, 5.41) is 17.6. The van der Waals surface area contributed by atoms with E-state index < -0.39 is 5.60 Å². The quantitative estimate of drug-likeness (QED) is 0.625. The summed E-state index contributed by atoms with van der Waals surface area (Å²) in [4.78, 5) is 13.2. The smallest absolute Gasteiger partial charge is 0.146 e. The van der Waals surface area contributed by atoms with Crippen molar-refractivity contribution in [1.29, 1.82) is 0 Å². The van der Waals surface area contributed by atoms with Gasteiger partial charge in [-0.1, -0.05) is 43.2 Å². The maximum absolute atomic E-state index is 10.9. The van der Waals surface area contributed by atoms with Crippen molar-refractivity contribution in [1.82, 2.24) is 14.9 Å². The summed E-state index contributed by atoms with van der Waals surface area (Å²) in [5.41, 5.74) is 1.68. The molecule has 1 aliphatic carbocycles. The van der Waals surface area contributed by atoms with Gasteiger partial charge in [-0.25, -0.2) is 9.97 Å². The van der Waals surface area contributed by atoms with E-state index >= 15 is 0 Å². The van der Waals surface area contributed by atoms with Gasteiger partial charge in [0.15, 0.2) is 0 Å². The number of morpholine rings is 1. The number of rotatable bonds is 6. The molecule has 6 nitrogen and oxygen atoms in total. The second kappa shape index (κ2) is 8.59. The van der Waals surface area contributed by atoms with Crippen molar-refractivity contribution >= 4 is 27.4 Å². The standard InChI is InChI=1S/C23H28N4O2S/c28-23(8-4-5-9-23)16-24-21-20-18(17-6-2-1-3-7-17)15-30-22(20)26-19(25-21)14-27-10-12-29-13-11-27/h1-3,6-7,15,28H,4-5,8-14,16H2,(H,24,25,26). The van der Waals surface area contributed by atoms with Crippen LogP contribution in [0.4, 0.5) is 5.82 Å². The maximum Gasteiger partial charge on any atom is 0.146 e. The predicted molar refractivity (Wildman–Crippen MR) is 121 cm³/mol. The Bertz CT molecular complexity index is 995. The zero-order chi connectivity index (χ0) is 20.4. The Hall–Kier alpha value is -2.06. The highest BCUT2D eigenvalue weighted by Gasteiger charge is 2.31. The number of nitrogens with one attached hydrogen (secondary N) is 1. The van der Waals surface area contributed by atoms with Crippen LogP contribution in [0.25, 0.3) is 21.3 Å². The molecular weight excluding hydrogens is 396 g/mol. The Balaban J connectivity index is 1.50. The number of fused-ring (bicyclic) bond motifs is 1. The number of hydrogen-bond donors (Lipinski definition) is 2. The van der Waals surface area contributed by atoms with Gasteiger partial charge in [0.05, 0.1) is 30.7 Å². The van der Waals surface area contributed by atoms with E-state index in [0.717, 1.165) is 91.5 Å². The van der Waals surface area contributed by atoms with Crippen molar-refractivity contribution in [3.05, 3.63) is 41.5 Å².